The van der Waals surface area contributed by atoms with Gasteiger partial charge < -0.3 is 4.74 Å². The van der Waals surface area contributed by atoms with Gasteiger partial charge >= 0.3 is 0 Å². The van der Waals surface area contributed by atoms with Crippen LogP contribution in [0, 0.1) is 5.92 Å². The SMILES string of the molecule is CCCN(C)S(=O)(=O)N1CCOC[C@H]1[C@@H]1CCCCC1=O. The minimum atomic E-state index is -3.51. The van der Waals surface area contributed by atoms with Crippen LogP contribution in [0.25, 0.3) is 0 Å². The van der Waals surface area contributed by atoms with Crippen molar-refractivity contribution in [1.29, 1.82) is 0 Å². The molecule has 6 nitrogen and oxygen atoms in total. The topological polar surface area (TPSA) is 66.9 Å². The molecule has 0 amide bonds. The Hall–Kier alpha value is -0.500. The first-order valence-electron chi connectivity index (χ1n) is 7.82. The zero-order chi connectivity index (χ0) is 15.5. The first-order valence-corrected chi connectivity index (χ1v) is 9.21. The van der Waals surface area contributed by atoms with E-state index in [0.29, 0.717) is 32.7 Å². The fraction of sp³-hybridized carbons (Fsp3) is 0.929. The van der Waals surface area contributed by atoms with Crippen LogP contribution in [0.1, 0.15) is 39.0 Å². The summed E-state index contributed by atoms with van der Waals surface area (Å²) in [6, 6.07) is -0.337. The summed E-state index contributed by atoms with van der Waals surface area (Å²) in [6.07, 6.45) is 4.03. The molecule has 0 unspecified atom stereocenters. The number of ketones is 1. The van der Waals surface area contributed by atoms with Crippen LogP contribution in [-0.4, -0.2) is 62.2 Å². The number of carbonyl (C=O) groups excluding carboxylic acids is 1. The fourth-order valence-electron chi connectivity index (χ4n) is 3.24. The summed E-state index contributed by atoms with van der Waals surface area (Å²) in [5.74, 6) is -0.0149. The number of hydrogen-bond donors (Lipinski definition) is 0. The molecule has 0 spiro atoms. The maximum Gasteiger partial charge on any atom is 0.282 e. The van der Waals surface area contributed by atoms with Gasteiger partial charge in [0, 0.05) is 32.5 Å². The normalized spacial score (nSPS) is 29.0. The summed E-state index contributed by atoms with van der Waals surface area (Å²) in [5.41, 5.74) is 0. The molecule has 1 saturated heterocycles. The maximum atomic E-state index is 12.7. The van der Waals surface area contributed by atoms with E-state index in [-0.39, 0.29) is 17.7 Å². The van der Waals surface area contributed by atoms with Gasteiger partial charge in [0.1, 0.15) is 5.78 Å². The van der Waals surface area contributed by atoms with Crippen LogP contribution >= 0.6 is 0 Å². The van der Waals surface area contributed by atoms with Gasteiger partial charge in [-0.3, -0.25) is 4.79 Å². The highest BCUT2D eigenvalue weighted by Gasteiger charge is 2.42. The highest BCUT2D eigenvalue weighted by Crippen LogP contribution is 2.30. The Morgan fingerprint density at radius 2 is 2.14 bits per heavy atom. The molecule has 21 heavy (non-hydrogen) atoms. The molecule has 2 rings (SSSR count). The molecule has 0 N–H and O–H groups in total. The molecule has 2 aliphatic rings. The molecule has 1 aliphatic carbocycles. The molecule has 122 valence electrons. The van der Waals surface area contributed by atoms with Crippen LogP contribution in [0.3, 0.4) is 0 Å². The van der Waals surface area contributed by atoms with Crippen molar-refractivity contribution in [3.63, 3.8) is 0 Å². The summed E-state index contributed by atoms with van der Waals surface area (Å²) >= 11 is 0. The smallest absolute Gasteiger partial charge is 0.282 e. The third-order valence-corrected chi connectivity index (χ3v) is 6.43. The Balaban J connectivity index is 2.20. The fourth-order valence-corrected chi connectivity index (χ4v) is 4.86. The monoisotopic (exact) mass is 318 g/mol. The van der Waals surface area contributed by atoms with Crippen molar-refractivity contribution in [1.82, 2.24) is 8.61 Å². The predicted molar refractivity (Wildman–Crippen MR) is 80.1 cm³/mol. The number of nitrogens with zero attached hydrogens (tertiary/aromatic N) is 2. The standard InChI is InChI=1S/C14H26N2O4S/c1-3-8-15(2)21(18,19)16-9-10-20-11-13(16)12-6-4-5-7-14(12)17/h12-13H,3-11H2,1-2H3/t12-,13-/m0/s1. The second kappa shape index (κ2) is 7.17. The lowest BCUT2D eigenvalue weighted by molar-refractivity contribution is -0.128. The largest absolute Gasteiger partial charge is 0.378 e. The van der Waals surface area contributed by atoms with Gasteiger partial charge in [-0.05, 0) is 19.3 Å². The van der Waals surface area contributed by atoms with Gasteiger partial charge in [0.25, 0.3) is 10.2 Å². The van der Waals surface area contributed by atoms with Crippen LogP contribution in [0.2, 0.25) is 0 Å². The van der Waals surface area contributed by atoms with Crippen molar-refractivity contribution >= 4 is 16.0 Å². The molecule has 0 aromatic heterocycles. The molecule has 1 heterocycles. The Kier molecular flexibility index (Phi) is 5.76. The van der Waals surface area contributed by atoms with E-state index in [1.807, 2.05) is 6.92 Å². The molecular weight excluding hydrogens is 292 g/mol. The second-order valence-corrected chi connectivity index (χ2v) is 7.89. The van der Waals surface area contributed by atoms with Crippen molar-refractivity contribution < 1.29 is 17.9 Å². The summed E-state index contributed by atoms with van der Waals surface area (Å²) in [7, 11) is -1.91. The average Bonchev–Trinajstić information content (AvgIpc) is 2.48. The molecule has 2 atom stereocenters. The minimum Gasteiger partial charge on any atom is -0.378 e. The van der Waals surface area contributed by atoms with Gasteiger partial charge in [-0.25, -0.2) is 0 Å². The van der Waals surface area contributed by atoms with Crippen LogP contribution < -0.4 is 0 Å². The zero-order valence-electron chi connectivity index (χ0n) is 13.0. The highest BCUT2D eigenvalue weighted by atomic mass is 32.2. The van der Waals surface area contributed by atoms with E-state index in [1.54, 1.807) is 7.05 Å². The molecule has 2 fully saturated rings. The maximum absolute atomic E-state index is 12.7. The summed E-state index contributed by atoms with van der Waals surface area (Å²) in [6.45, 7) is 3.51. The highest BCUT2D eigenvalue weighted by molar-refractivity contribution is 7.86. The molecule has 7 heteroatoms. The third-order valence-electron chi connectivity index (χ3n) is 4.41. The van der Waals surface area contributed by atoms with Crippen molar-refractivity contribution in [2.75, 3.05) is 33.4 Å². The van der Waals surface area contributed by atoms with E-state index in [9.17, 15) is 13.2 Å². The molecule has 1 aliphatic heterocycles. The van der Waals surface area contributed by atoms with E-state index in [4.69, 9.17) is 4.74 Å². The summed E-state index contributed by atoms with van der Waals surface area (Å²) in [5, 5.41) is 0. The lowest BCUT2D eigenvalue weighted by atomic mass is 9.82. The van der Waals surface area contributed by atoms with Gasteiger partial charge in [0.2, 0.25) is 0 Å². The number of hydrogen-bond acceptors (Lipinski definition) is 4. The van der Waals surface area contributed by atoms with Gasteiger partial charge in [-0.1, -0.05) is 13.3 Å². The Morgan fingerprint density at radius 1 is 1.38 bits per heavy atom. The van der Waals surface area contributed by atoms with E-state index in [1.165, 1.54) is 8.61 Å². The number of Topliss-reactive ketones (excluding diaryl/α,β-unsaturated/α-hetero) is 1. The second-order valence-electron chi connectivity index (χ2n) is 5.90. The third kappa shape index (κ3) is 3.64. The Morgan fingerprint density at radius 3 is 2.81 bits per heavy atom. The van der Waals surface area contributed by atoms with E-state index < -0.39 is 10.2 Å². The van der Waals surface area contributed by atoms with Crippen molar-refractivity contribution in [2.45, 2.75) is 45.1 Å². The van der Waals surface area contributed by atoms with Crippen LogP contribution in [0.5, 0.6) is 0 Å². The Bertz CT molecular complexity index is 466. The first-order chi connectivity index (χ1) is 9.98. The number of morpholine rings is 1. The molecule has 0 bridgehead atoms. The molecule has 0 radical (unpaired) electrons. The molecule has 0 aromatic carbocycles. The first kappa shape index (κ1) is 16.9. The van der Waals surface area contributed by atoms with Gasteiger partial charge in [0.05, 0.1) is 19.3 Å². The van der Waals surface area contributed by atoms with Gasteiger partial charge in [-0.15, -0.1) is 0 Å². The van der Waals surface area contributed by atoms with E-state index in [0.717, 1.165) is 25.7 Å². The quantitative estimate of drug-likeness (QED) is 0.759. The van der Waals surface area contributed by atoms with Gasteiger partial charge in [0.15, 0.2) is 0 Å². The Labute approximate surface area is 127 Å². The number of carbonyl (C=O) groups is 1. The summed E-state index contributed by atoms with van der Waals surface area (Å²) < 4.78 is 33.8. The van der Waals surface area contributed by atoms with Crippen molar-refractivity contribution in [3.8, 4) is 0 Å². The molecule has 0 aromatic rings. The molecule has 1 saturated carbocycles. The van der Waals surface area contributed by atoms with Crippen molar-refractivity contribution in [2.24, 2.45) is 5.92 Å². The minimum absolute atomic E-state index is 0.190. The van der Waals surface area contributed by atoms with Gasteiger partial charge in [-0.2, -0.15) is 17.0 Å². The van der Waals surface area contributed by atoms with Crippen molar-refractivity contribution in [3.05, 3.63) is 0 Å². The van der Waals surface area contributed by atoms with E-state index in [2.05, 4.69) is 0 Å². The summed E-state index contributed by atoms with van der Waals surface area (Å²) in [4.78, 5) is 12.2. The van der Waals surface area contributed by atoms with Crippen LogP contribution in [0.15, 0.2) is 0 Å². The average molecular weight is 318 g/mol. The lowest BCUT2D eigenvalue weighted by Gasteiger charge is -2.41. The predicted octanol–water partition coefficient (Wildman–Crippen LogP) is 1.03. The van der Waals surface area contributed by atoms with Crippen LogP contribution in [0.4, 0.5) is 0 Å². The van der Waals surface area contributed by atoms with E-state index >= 15 is 0 Å². The number of ether oxygens (including phenoxy) is 1. The zero-order valence-corrected chi connectivity index (χ0v) is 13.8. The van der Waals surface area contributed by atoms with Crippen LogP contribution in [-0.2, 0) is 19.7 Å². The molecular formula is C14H26N2O4S. The number of rotatable bonds is 5. The lowest BCUT2D eigenvalue weighted by Crippen LogP contribution is -2.57.